The zero-order valence-electron chi connectivity index (χ0n) is 13.3. The molecule has 1 amide bonds. The van der Waals surface area contributed by atoms with E-state index in [1.807, 2.05) is 34.6 Å². The highest BCUT2D eigenvalue weighted by Crippen LogP contribution is 2.40. The predicted octanol–water partition coefficient (Wildman–Crippen LogP) is 2.90. The zero-order chi connectivity index (χ0) is 15.8. The molecule has 0 spiro atoms. The molecule has 0 aromatic carbocycles. The molecule has 0 bridgehead atoms. The molecule has 1 fully saturated rings. The summed E-state index contributed by atoms with van der Waals surface area (Å²) >= 11 is 5.79. The fourth-order valence-corrected chi connectivity index (χ4v) is 3.25. The van der Waals surface area contributed by atoms with Gasteiger partial charge in [0.1, 0.15) is 17.8 Å². The van der Waals surface area contributed by atoms with Gasteiger partial charge >= 0.3 is 0 Å². The molecule has 1 aromatic heterocycles. The lowest BCUT2D eigenvalue weighted by Gasteiger charge is -2.35. The summed E-state index contributed by atoms with van der Waals surface area (Å²) in [6.07, 6.45) is 2.35. The minimum absolute atomic E-state index is 0.0464. The van der Waals surface area contributed by atoms with E-state index >= 15 is 0 Å². The van der Waals surface area contributed by atoms with Crippen molar-refractivity contribution < 1.29 is 14.1 Å². The van der Waals surface area contributed by atoms with Crippen LogP contribution in [0.25, 0.3) is 0 Å². The van der Waals surface area contributed by atoms with Crippen LogP contribution in [0.4, 0.5) is 0 Å². The van der Waals surface area contributed by atoms with Crippen LogP contribution in [0.2, 0.25) is 0 Å². The van der Waals surface area contributed by atoms with Gasteiger partial charge in [0, 0.05) is 5.56 Å². The van der Waals surface area contributed by atoms with Crippen molar-refractivity contribution in [3.63, 3.8) is 0 Å². The van der Waals surface area contributed by atoms with Gasteiger partial charge in [0.05, 0.1) is 23.8 Å². The van der Waals surface area contributed by atoms with Crippen LogP contribution >= 0.6 is 11.6 Å². The Kier molecular flexibility index (Phi) is 4.36. The van der Waals surface area contributed by atoms with Gasteiger partial charge in [-0.1, -0.05) is 5.16 Å². The minimum atomic E-state index is -0.428. The van der Waals surface area contributed by atoms with Crippen LogP contribution in [0.15, 0.2) is 10.8 Å². The molecule has 2 heterocycles. The Hall–Kier alpha value is -1.07. The number of amides is 1. The first kappa shape index (κ1) is 16.3. The largest absolute Gasteiger partial charge is 0.367 e. The summed E-state index contributed by atoms with van der Waals surface area (Å²) in [5.41, 5.74) is 0.994. The third-order valence-corrected chi connectivity index (χ3v) is 4.23. The van der Waals surface area contributed by atoms with Crippen molar-refractivity contribution in [1.82, 2.24) is 10.1 Å². The molecule has 1 atom stereocenters. The van der Waals surface area contributed by atoms with E-state index in [-0.39, 0.29) is 23.4 Å². The summed E-state index contributed by atoms with van der Waals surface area (Å²) < 4.78 is 11.1. The van der Waals surface area contributed by atoms with Gasteiger partial charge in [-0.15, -0.1) is 11.6 Å². The average molecular weight is 315 g/mol. The monoisotopic (exact) mass is 314 g/mol. The molecule has 1 aliphatic heterocycles. The number of halogens is 1. The zero-order valence-corrected chi connectivity index (χ0v) is 14.0. The first-order chi connectivity index (χ1) is 9.66. The van der Waals surface area contributed by atoms with E-state index in [0.29, 0.717) is 6.54 Å². The Morgan fingerprint density at radius 2 is 2.14 bits per heavy atom. The van der Waals surface area contributed by atoms with Gasteiger partial charge in [0.25, 0.3) is 0 Å². The van der Waals surface area contributed by atoms with Crippen LogP contribution < -0.4 is 0 Å². The summed E-state index contributed by atoms with van der Waals surface area (Å²) in [6, 6.07) is -0.0464. The van der Waals surface area contributed by atoms with Gasteiger partial charge in [-0.3, -0.25) is 4.79 Å². The number of carbonyl (C=O) groups is 1. The lowest BCUT2D eigenvalue weighted by atomic mass is 9.92. The van der Waals surface area contributed by atoms with Crippen LogP contribution in [-0.2, 0) is 16.1 Å². The van der Waals surface area contributed by atoms with Gasteiger partial charge in [-0.05, 0) is 41.0 Å². The first-order valence-corrected chi connectivity index (χ1v) is 7.65. The summed E-state index contributed by atoms with van der Waals surface area (Å²) in [4.78, 5) is 14.1. The molecule has 118 valence electrons. The number of hydrogen-bond donors (Lipinski definition) is 0. The van der Waals surface area contributed by atoms with Crippen molar-refractivity contribution in [3.05, 3.63) is 17.5 Å². The van der Waals surface area contributed by atoms with Gasteiger partial charge < -0.3 is 14.2 Å². The van der Waals surface area contributed by atoms with Crippen molar-refractivity contribution in [2.45, 2.75) is 64.8 Å². The van der Waals surface area contributed by atoms with Crippen molar-refractivity contribution in [2.75, 3.05) is 5.88 Å². The van der Waals surface area contributed by atoms with E-state index in [1.54, 1.807) is 11.2 Å². The molecule has 1 unspecified atom stereocenters. The molecule has 1 saturated heterocycles. The summed E-state index contributed by atoms with van der Waals surface area (Å²) in [5, 5.41) is 3.97. The molecular weight excluding hydrogens is 292 g/mol. The van der Waals surface area contributed by atoms with Crippen molar-refractivity contribution in [2.24, 2.45) is 0 Å². The number of aromatic nitrogens is 1. The normalized spacial score (nSPS) is 23.2. The quantitative estimate of drug-likeness (QED) is 0.802. The van der Waals surface area contributed by atoms with E-state index < -0.39 is 5.60 Å². The van der Waals surface area contributed by atoms with Crippen molar-refractivity contribution in [3.8, 4) is 0 Å². The maximum absolute atomic E-state index is 12.3. The van der Waals surface area contributed by atoms with Gasteiger partial charge in [0.2, 0.25) is 5.91 Å². The van der Waals surface area contributed by atoms with E-state index in [0.717, 1.165) is 17.7 Å². The number of carbonyl (C=O) groups excluding carboxylic acids is 1. The first-order valence-electron chi connectivity index (χ1n) is 7.12. The fourth-order valence-electron chi connectivity index (χ4n) is 3.09. The Labute approximate surface area is 130 Å². The Balaban J connectivity index is 2.28. The SMILES string of the molecule is Cc1conc1CN(C(=O)CCl)C1CC(C)(C)OC1(C)C. The summed E-state index contributed by atoms with van der Waals surface area (Å²) in [6.45, 7) is 10.4. The third-order valence-electron chi connectivity index (χ3n) is 4.01. The fraction of sp³-hybridized carbons (Fsp3) is 0.733. The van der Waals surface area contributed by atoms with Gasteiger partial charge in [-0.25, -0.2) is 0 Å². The lowest BCUT2D eigenvalue weighted by molar-refractivity contribution is -0.137. The molecule has 0 aliphatic carbocycles. The topological polar surface area (TPSA) is 55.6 Å². The summed E-state index contributed by atoms with van der Waals surface area (Å²) in [5.74, 6) is -0.164. The number of nitrogens with zero attached hydrogens (tertiary/aromatic N) is 2. The number of ether oxygens (including phenoxy) is 1. The second-order valence-electron chi connectivity index (χ2n) is 6.78. The van der Waals surface area contributed by atoms with Gasteiger partial charge in [-0.2, -0.15) is 0 Å². The molecular formula is C15H23ClN2O3. The maximum Gasteiger partial charge on any atom is 0.238 e. The average Bonchev–Trinajstić information content (AvgIpc) is 2.85. The van der Waals surface area contributed by atoms with Crippen LogP contribution in [-0.4, -0.2) is 39.1 Å². The van der Waals surface area contributed by atoms with Crippen LogP contribution in [0.1, 0.15) is 45.4 Å². The molecule has 6 heteroatoms. The number of aryl methyl sites for hydroxylation is 1. The second kappa shape index (κ2) is 5.61. The van der Waals surface area contributed by atoms with Crippen LogP contribution in [0, 0.1) is 6.92 Å². The van der Waals surface area contributed by atoms with Crippen LogP contribution in [0.3, 0.4) is 0 Å². The molecule has 1 aliphatic rings. The Bertz CT molecular complexity index is 525. The molecule has 0 N–H and O–H groups in total. The summed E-state index contributed by atoms with van der Waals surface area (Å²) in [7, 11) is 0. The Morgan fingerprint density at radius 1 is 1.48 bits per heavy atom. The number of hydrogen-bond acceptors (Lipinski definition) is 4. The highest BCUT2D eigenvalue weighted by atomic mass is 35.5. The molecule has 0 radical (unpaired) electrons. The molecule has 5 nitrogen and oxygen atoms in total. The minimum Gasteiger partial charge on any atom is -0.367 e. The standard InChI is InChI=1S/C15H23ClN2O3/c1-10-9-20-17-11(10)8-18(13(19)7-16)12-6-14(2,3)21-15(12,4)5/h9,12H,6-8H2,1-5H3. The van der Waals surface area contributed by atoms with E-state index in [9.17, 15) is 4.79 Å². The molecule has 1 aromatic rings. The molecule has 2 rings (SSSR count). The Morgan fingerprint density at radius 3 is 2.57 bits per heavy atom. The van der Waals surface area contributed by atoms with E-state index in [1.165, 1.54) is 0 Å². The van der Waals surface area contributed by atoms with Crippen molar-refractivity contribution in [1.29, 1.82) is 0 Å². The highest BCUT2D eigenvalue weighted by Gasteiger charge is 2.49. The van der Waals surface area contributed by atoms with E-state index in [2.05, 4.69) is 5.16 Å². The molecule has 0 saturated carbocycles. The number of alkyl halides is 1. The molecule has 21 heavy (non-hydrogen) atoms. The van der Waals surface area contributed by atoms with Gasteiger partial charge in [0.15, 0.2) is 0 Å². The van der Waals surface area contributed by atoms with Crippen LogP contribution in [0.5, 0.6) is 0 Å². The van der Waals surface area contributed by atoms with E-state index in [4.69, 9.17) is 20.9 Å². The lowest BCUT2D eigenvalue weighted by Crippen LogP contribution is -2.49. The number of rotatable bonds is 4. The third kappa shape index (κ3) is 3.40. The highest BCUT2D eigenvalue weighted by molar-refractivity contribution is 6.27. The maximum atomic E-state index is 12.3. The smallest absolute Gasteiger partial charge is 0.238 e. The van der Waals surface area contributed by atoms with Crippen molar-refractivity contribution >= 4 is 17.5 Å². The predicted molar refractivity (Wildman–Crippen MR) is 80.2 cm³/mol. The second-order valence-corrected chi connectivity index (χ2v) is 7.05.